The highest BCUT2D eigenvalue weighted by molar-refractivity contribution is 5.83. The molecule has 1 aliphatic heterocycles. The zero-order valence-corrected chi connectivity index (χ0v) is 7.98. The van der Waals surface area contributed by atoms with E-state index in [4.69, 9.17) is 0 Å². The molecule has 7 nitrogen and oxygen atoms in total. The molecule has 0 spiro atoms. The van der Waals surface area contributed by atoms with Crippen molar-refractivity contribution in [3.05, 3.63) is 12.3 Å². The van der Waals surface area contributed by atoms with Crippen LogP contribution in [0.15, 0.2) is 12.3 Å². The van der Waals surface area contributed by atoms with Crippen LogP contribution >= 0.6 is 0 Å². The maximum atomic E-state index is 11.4. The van der Waals surface area contributed by atoms with E-state index >= 15 is 0 Å². The number of carbonyl (C=O) groups excluding carboxylic acids is 2. The predicted molar refractivity (Wildman–Crippen MR) is 47.0 cm³/mol. The summed E-state index contributed by atoms with van der Waals surface area (Å²) >= 11 is 0. The van der Waals surface area contributed by atoms with Crippen LogP contribution in [0, 0.1) is 0 Å². The highest BCUT2D eigenvalue weighted by Gasteiger charge is 2.24. The largest absolute Gasteiger partial charge is 0.466 e. The number of hydrazine groups is 3. The molecule has 0 bridgehead atoms. The molecule has 1 saturated heterocycles. The Morgan fingerprint density at radius 2 is 2.29 bits per heavy atom. The molecule has 2 amide bonds. The summed E-state index contributed by atoms with van der Waals surface area (Å²) in [5.74, 6) is -0.519. The Kier molecular flexibility index (Phi) is 3.43. The average Bonchev–Trinajstić information content (AvgIpc) is 2.56. The van der Waals surface area contributed by atoms with Gasteiger partial charge in [0.15, 0.2) is 0 Å². The second-order valence-electron chi connectivity index (χ2n) is 2.46. The number of esters is 1. The number of ether oxygens (including phenoxy) is 1. The number of urea groups is 1. The monoisotopic (exact) mass is 200 g/mol. The standard InChI is InChI=1S/C7H12N4O3/c1-3-10-7(13)11(9-8-10)5-4-6(12)14-2/h4-5,8-9H,3H2,1-2H3/b5-4+. The minimum Gasteiger partial charge on any atom is -0.466 e. The lowest BCUT2D eigenvalue weighted by Crippen LogP contribution is -2.37. The summed E-state index contributed by atoms with van der Waals surface area (Å²) in [7, 11) is 1.27. The summed E-state index contributed by atoms with van der Waals surface area (Å²) in [5, 5.41) is 2.49. The van der Waals surface area contributed by atoms with Crippen molar-refractivity contribution in [2.45, 2.75) is 6.92 Å². The van der Waals surface area contributed by atoms with Crippen molar-refractivity contribution in [3.63, 3.8) is 0 Å². The van der Waals surface area contributed by atoms with Crippen LogP contribution in [0.25, 0.3) is 0 Å². The maximum Gasteiger partial charge on any atom is 0.355 e. The molecule has 0 aromatic heterocycles. The number of rotatable bonds is 3. The first kappa shape index (κ1) is 10.5. The molecule has 1 rings (SSSR count). The molecular weight excluding hydrogens is 188 g/mol. The quantitative estimate of drug-likeness (QED) is 0.468. The van der Waals surface area contributed by atoms with Crippen molar-refractivity contribution in [2.24, 2.45) is 0 Å². The second-order valence-corrected chi connectivity index (χ2v) is 2.46. The Morgan fingerprint density at radius 3 is 2.79 bits per heavy atom. The van der Waals surface area contributed by atoms with Gasteiger partial charge in [0.1, 0.15) is 0 Å². The highest BCUT2D eigenvalue weighted by Crippen LogP contribution is 1.99. The molecular formula is C7H12N4O3. The lowest BCUT2D eigenvalue weighted by atomic mass is 10.6. The fraction of sp³-hybridized carbons (Fsp3) is 0.429. The molecule has 78 valence electrons. The summed E-state index contributed by atoms with van der Waals surface area (Å²) in [5.41, 5.74) is 5.16. The van der Waals surface area contributed by atoms with Crippen molar-refractivity contribution in [1.82, 2.24) is 21.1 Å². The number of carbonyl (C=O) groups is 2. The van der Waals surface area contributed by atoms with E-state index in [1.807, 2.05) is 6.92 Å². The van der Waals surface area contributed by atoms with Gasteiger partial charge >= 0.3 is 12.0 Å². The van der Waals surface area contributed by atoms with Crippen molar-refractivity contribution in [3.8, 4) is 0 Å². The van der Waals surface area contributed by atoms with Crippen LogP contribution in [0.2, 0.25) is 0 Å². The van der Waals surface area contributed by atoms with Crippen molar-refractivity contribution in [2.75, 3.05) is 13.7 Å². The van der Waals surface area contributed by atoms with Crippen molar-refractivity contribution in [1.29, 1.82) is 0 Å². The molecule has 1 fully saturated rings. The van der Waals surface area contributed by atoms with Gasteiger partial charge in [-0.25, -0.2) is 19.6 Å². The third-order valence-electron chi connectivity index (χ3n) is 1.62. The molecule has 1 aliphatic rings. The number of amides is 2. The van der Waals surface area contributed by atoms with Crippen LogP contribution in [0.3, 0.4) is 0 Å². The first-order valence-electron chi connectivity index (χ1n) is 4.07. The van der Waals surface area contributed by atoms with E-state index in [0.29, 0.717) is 6.54 Å². The molecule has 0 aromatic rings. The first-order valence-corrected chi connectivity index (χ1v) is 4.07. The summed E-state index contributed by atoms with van der Waals surface area (Å²) in [6.45, 7) is 2.34. The van der Waals surface area contributed by atoms with Gasteiger partial charge in [-0.3, -0.25) is 0 Å². The number of hydrogen-bond acceptors (Lipinski definition) is 5. The number of nitrogens with zero attached hydrogens (tertiary/aromatic N) is 2. The lowest BCUT2D eigenvalue weighted by Gasteiger charge is -2.09. The average molecular weight is 200 g/mol. The van der Waals surface area contributed by atoms with E-state index in [2.05, 4.69) is 15.8 Å². The molecule has 0 aromatic carbocycles. The third kappa shape index (κ3) is 2.21. The molecule has 0 radical (unpaired) electrons. The lowest BCUT2D eigenvalue weighted by molar-refractivity contribution is -0.134. The molecule has 0 unspecified atom stereocenters. The topological polar surface area (TPSA) is 73.9 Å². The minimum absolute atomic E-state index is 0.285. The van der Waals surface area contributed by atoms with Crippen LogP contribution < -0.4 is 11.1 Å². The Balaban J connectivity index is 2.52. The van der Waals surface area contributed by atoms with Gasteiger partial charge in [-0.2, -0.15) is 0 Å². The van der Waals surface area contributed by atoms with Crippen molar-refractivity contribution >= 4 is 12.0 Å². The zero-order chi connectivity index (χ0) is 10.6. The highest BCUT2D eigenvalue weighted by atomic mass is 16.5. The van der Waals surface area contributed by atoms with E-state index in [1.165, 1.54) is 18.3 Å². The van der Waals surface area contributed by atoms with E-state index in [9.17, 15) is 9.59 Å². The Bertz CT molecular complexity index is 266. The maximum absolute atomic E-state index is 11.4. The zero-order valence-electron chi connectivity index (χ0n) is 7.98. The molecule has 1 heterocycles. The second kappa shape index (κ2) is 4.58. The molecule has 7 heteroatoms. The number of hydrogen-bond donors (Lipinski definition) is 2. The van der Waals surface area contributed by atoms with Gasteiger partial charge in [0.05, 0.1) is 7.11 Å². The summed E-state index contributed by atoms with van der Waals surface area (Å²) in [4.78, 5) is 22.1. The minimum atomic E-state index is -0.519. The normalized spacial score (nSPS) is 16.9. The summed E-state index contributed by atoms with van der Waals surface area (Å²) < 4.78 is 4.37. The Morgan fingerprint density at radius 1 is 1.57 bits per heavy atom. The first-order chi connectivity index (χ1) is 6.69. The molecule has 0 atom stereocenters. The third-order valence-corrected chi connectivity index (χ3v) is 1.62. The van der Waals surface area contributed by atoms with Crippen molar-refractivity contribution < 1.29 is 14.3 Å². The smallest absolute Gasteiger partial charge is 0.355 e. The Hall–Kier alpha value is -1.60. The van der Waals surface area contributed by atoms with Crippen LogP contribution in [0.4, 0.5) is 4.79 Å². The SMILES string of the molecule is CCN1NNN(/C=C/C(=O)OC)C1=O. The van der Waals surface area contributed by atoms with Gasteiger partial charge in [-0.05, 0) is 6.92 Å². The molecule has 2 N–H and O–H groups in total. The van der Waals surface area contributed by atoms with E-state index in [1.54, 1.807) is 0 Å². The molecule has 14 heavy (non-hydrogen) atoms. The fourth-order valence-electron chi connectivity index (χ4n) is 0.859. The van der Waals surface area contributed by atoms with Gasteiger partial charge in [0.2, 0.25) is 0 Å². The van der Waals surface area contributed by atoms with Gasteiger partial charge in [-0.1, -0.05) is 0 Å². The molecule has 0 saturated carbocycles. The van der Waals surface area contributed by atoms with E-state index in [-0.39, 0.29) is 6.03 Å². The van der Waals surface area contributed by atoms with Gasteiger partial charge in [0.25, 0.3) is 0 Å². The van der Waals surface area contributed by atoms with Crippen LogP contribution in [-0.4, -0.2) is 35.7 Å². The van der Waals surface area contributed by atoms with Crippen LogP contribution in [0.5, 0.6) is 0 Å². The van der Waals surface area contributed by atoms with Gasteiger partial charge in [-0.15, -0.1) is 11.1 Å². The van der Waals surface area contributed by atoms with E-state index < -0.39 is 5.97 Å². The number of nitrogens with one attached hydrogen (secondary N) is 2. The summed E-state index contributed by atoms with van der Waals surface area (Å²) in [6, 6.07) is -0.285. The fourth-order valence-corrected chi connectivity index (χ4v) is 0.859. The molecule has 0 aliphatic carbocycles. The predicted octanol–water partition coefficient (Wildman–Crippen LogP) is -0.645. The van der Waals surface area contributed by atoms with Gasteiger partial charge < -0.3 is 4.74 Å². The van der Waals surface area contributed by atoms with Crippen LogP contribution in [-0.2, 0) is 9.53 Å². The van der Waals surface area contributed by atoms with Gasteiger partial charge in [0, 0.05) is 18.8 Å². The number of methoxy groups -OCH3 is 1. The van der Waals surface area contributed by atoms with E-state index in [0.717, 1.165) is 11.1 Å². The van der Waals surface area contributed by atoms with Crippen LogP contribution in [0.1, 0.15) is 6.92 Å². The Labute approximate surface area is 81.2 Å². The summed E-state index contributed by atoms with van der Waals surface area (Å²) in [6.07, 6.45) is 2.43.